The zero-order valence-corrected chi connectivity index (χ0v) is 13.4. The maximum absolute atomic E-state index is 6.21. The Bertz CT molecular complexity index is 232. The SMILES string of the molecule is CC(C)[C@H]1CC[C@@H](C)C[C@@H]1OCCC[N+](C)(C)C. The number of hydrogen-bond acceptors (Lipinski definition) is 1. The molecule has 0 aliphatic heterocycles. The highest BCUT2D eigenvalue weighted by molar-refractivity contribution is 4.81. The van der Waals surface area contributed by atoms with E-state index in [4.69, 9.17) is 4.74 Å². The zero-order chi connectivity index (χ0) is 13.8. The Morgan fingerprint density at radius 2 is 1.83 bits per heavy atom. The molecule has 0 aromatic rings. The summed E-state index contributed by atoms with van der Waals surface area (Å²) >= 11 is 0. The zero-order valence-electron chi connectivity index (χ0n) is 13.4. The van der Waals surface area contributed by atoms with Crippen LogP contribution >= 0.6 is 0 Å². The Hall–Kier alpha value is -0.0800. The van der Waals surface area contributed by atoms with Crippen LogP contribution in [0.4, 0.5) is 0 Å². The van der Waals surface area contributed by atoms with Crippen molar-refractivity contribution in [1.82, 2.24) is 0 Å². The van der Waals surface area contributed by atoms with Gasteiger partial charge in [0.05, 0.1) is 40.4 Å². The van der Waals surface area contributed by atoms with Gasteiger partial charge in [-0.1, -0.05) is 27.2 Å². The van der Waals surface area contributed by atoms with Crippen LogP contribution in [0.3, 0.4) is 0 Å². The molecule has 0 heterocycles. The fraction of sp³-hybridized carbons (Fsp3) is 1.00. The van der Waals surface area contributed by atoms with Crippen LogP contribution in [0.15, 0.2) is 0 Å². The highest BCUT2D eigenvalue weighted by Crippen LogP contribution is 2.35. The lowest BCUT2D eigenvalue weighted by Gasteiger charge is -2.37. The molecule has 2 heteroatoms. The molecule has 18 heavy (non-hydrogen) atoms. The molecular weight excluding hydrogens is 222 g/mol. The Labute approximate surface area is 114 Å². The molecule has 0 unspecified atom stereocenters. The summed E-state index contributed by atoms with van der Waals surface area (Å²) < 4.78 is 7.25. The summed E-state index contributed by atoms with van der Waals surface area (Å²) in [4.78, 5) is 0. The Kier molecular flexibility index (Phi) is 6.13. The minimum Gasteiger partial charge on any atom is -0.378 e. The minimum absolute atomic E-state index is 0.515. The molecule has 2 nitrogen and oxygen atoms in total. The highest BCUT2D eigenvalue weighted by atomic mass is 16.5. The van der Waals surface area contributed by atoms with E-state index in [-0.39, 0.29) is 0 Å². The fourth-order valence-electron chi connectivity index (χ4n) is 3.08. The van der Waals surface area contributed by atoms with Crippen LogP contribution in [-0.4, -0.2) is 44.9 Å². The van der Waals surface area contributed by atoms with Crippen molar-refractivity contribution in [2.24, 2.45) is 17.8 Å². The minimum atomic E-state index is 0.515. The molecule has 0 spiro atoms. The third-order valence-electron chi connectivity index (χ3n) is 4.27. The average molecular weight is 256 g/mol. The van der Waals surface area contributed by atoms with E-state index in [9.17, 15) is 0 Å². The van der Waals surface area contributed by atoms with E-state index in [1.807, 2.05) is 0 Å². The summed E-state index contributed by atoms with van der Waals surface area (Å²) in [6, 6.07) is 0. The monoisotopic (exact) mass is 256 g/mol. The molecule has 0 radical (unpaired) electrons. The topological polar surface area (TPSA) is 9.23 Å². The van der Waals surface area contributed by atoms with Crippen molar-refractivity contribution in [3.05, 3.63) is 0 Å². The number of rotatable bonds is 6. The molecule has 0 amide bonds. The lowest BCUT2D eigenvalue weighted by molar-refractivity contribution is -0.870. The van der Waals surface area contributed by atoms with Crippen LogP contribution in [0.1, 0.15) is 46.5 Å². The van der Waals surface area contributed by atoms with Crippen molar-refractivity contribution >= 4 is 0 Å². The van der Waals surface area contributed by atoms with Gasteiger partial charge >= 0.3 is 0 Å². The van der Waals surface area contributed by atoms with E-state index in [1.165, 1.54) is 32.2 Å². The molecule has 108 valence electrons. The molecule has 0 saturated heterocycles. The van der Waals surface area contributed by atoms with Gasteiger partial charge in [-0.05, 0) is 30.6 Å². The number of hydrogen-bond donors (Lipinski definition) is 0. The maximum Gasteiger partial charge on any atom is 0.0802 e. The molecule has 1 rings (SSSR count). The standard InChI is InChI=1S/C16H34NO/c1-13(2)15-9-8-14(3)12-16(15)18-11-7-10-17(4,5)6/h13-16H,7-12H2,1-6H3/q+1/t14-,15-,16+/m1/s1. The lowest BCUT2D eigenvalue weighted by atomic mass is 9.75. The molecule has 3 atom stereocenters. The number of quaternary nitrogens is 1. The van der Waals surface area contributed by atoms with Crippen LogP contribution < -0.4 is 0 Å². The predicted molar refractivity (Wildman–Crippen MR) is 78.6 cm³/mol. The third-order valence-corrected chi connectivity index (χ3v) is 4.27. The summed E-state index contributed by atoms with van der Waals surface area (Å²) in [5, 5.41) is 0. The molecule has 1 saturated carbocycles. The lowest BCUT2D eigenvalue weighted by Crippen LogP contribution is -2.37. The summed E-state index contributed by atoms with van der Waals surface area (Å²) in [5.41, 5.74) is 0. The van der Waals surface area contributed by atoms with Crippen LogP contribution in [0.5, 0.6) is 0 Å². The first-order valence-electron chi connectivity index (χ1n) is 7.71. The second kappa shape index (κ2) is 6.91. The van der Waals surface area contributed by atoms with Gasteiger partial charge in [-0.25, -0.2) is 0 Å². The first kappa shape index (κ1) is 16.0. The van der Waals surface area contributed by atoms with Crippen molar-refractivity contribution < 1.29 is 9.22 Å². The van der Waals surface area contributed by atoms with E-state index in [1.54, 1.807) is 0 Å². The van der Waals surface area contributed by atoms with Crippen molar-refractivity contribution in [2.45, 2.75) is 52.6 Å². The number of ether oxygens (including phenoxy) is 1. The first-order valence-corrected chi connectivity index (χ1v) is 7.71. The van der Waals surface area contributed by atoms with Crippen LogP contribution in [-0.2, 0) is 4.74 Å². The maximum atomic E-state index is 6.21. The van der Waals surface area contributed by atoms with Gasteiger partial charge in [0, 0.05) is 6.42 Å². The molecule has 0 aromatic carbocycles. The Morgan fingerprint density at radius 1 is 1.17 bits per heavy atom. The molecule has 0 N–H and O–H groups in total. The number of nitrogens with zero attached hydrogens (tertiary/aromatic N) is 1. The van der Waals surface area contributed by atoms with E-state index in [0.717, 1.165) is 28.8 Å². The largest absolute Gasteiger partial charge is 0.378 e. The summed E-state index contributed by atoms with van der Waals surface area (Å²) in [5.74, 6) is 2.40. The summed E-state index contributed by atoms with van der Waals surface area (Å²) in [6.07, 6.45) is 5.72. The fourth-order valence-corrected chi connectivity index (χ4v) is 3.08. The normalized spacial score (nSPS) is 29.8. The van der Waals surface area contributed by atoms with Crippen LogP contribution in [0, 0.1) is 17.8 Å². The van der Waals surface area contributed by atoms with E-state index in [2.05, 4.69) is 41.9 Å². The summed E-state index contributed by atoms with van der Waals surface area (Å²) in [7, 11) is 6.75. The molecule has 1 aliphatic rings. The van der Waals surface area contributed by atoms with Crippen molar-refractivity contribution in [3.63, 3.8) is 0 Å². The highest BCUT2D eigenvalue weighted by Gasteiger charge is 2.31. The van der Waals surface area contributed by atoms with Gasteiger partial charge in [-0.3, -0.25) is 0 Å². The van der Waals surface area contributed by atoms with Gasteiger partial charge in [-0.2, -0.15) is 0 Å². The van der Waals surface area contributed by atoms with Crippen molar-refractivity contribution in [3.8, 4) is 0 Å². The van der Waals surface area contributed by atoms with Gasteiger partial charge in [0.2, 0.25) is 0 Å². The molecular formula is C16H34NO+. The van der Waals surface area contributed by atoms with Crippen molar-refractivity contribution in [2.75, 3.05) is 34.3 Å². The Morgan fingerprint density at radius 3 is 2.39 bits per heavy atom. The molecule has 1 fully saturated rings. The van der Waals surface area contributed by atoms with Gasteiger partial charge in [0.25, 0.3) is 0 Å². The molecule has 1 aliphatic carbocycles. The first-order chi connectivity index (χ1) is 8.29. The van der Waals surface area contributed by atoms with E-state index >= 15 is 0 Å². The van der Waals surface area contributed by atoms with E-state index in [0.29, 0.717) is 6.10 Å². The molecule has 0 aromatic heterocycles. The third kappa shape index (κ3) is 5.71. The second-order valence-corrected chi connectivity index (χ2v) is 7.60. The second-order valence-electron chi connectivity index (χ2n) is 7.60. The summed E-state index contributed by atoms with van der Waals surface area (Å²) in [6.45, 7) is 9.22. The Balaban J connectivity index is 2.32. The van der Waals surface area contributed by atoms with Gasteiger partial charge in [0.1, 0.15) is 0 Å². The quantitative estimate of drug-likeness (QED) is 0.521. The smallest absolute Gasteiger partial charge is 0.0802 e. The van der Waals surface area contributed by atoms with Crippen LogP contribution in [0.25, 0.3) is 0 Å². The van der Waals surface area contributed by atoms with Crippen LogP contribution in [0.2, 0.25) is 0 Å². The predicted octanol–water partition coefficient (Wildman–Crippen LogP) is 3.56. The van der Waals surface area contributed by atoms with Crippen molar-refractivity contribution in [1.29, 1.82) is 0 Å². The van der Waals surface area contributed by atoms with Gasteiger partial charge in [0.15, 0.2) is 0 Å². The van der Waals surface area contributed by atoms with Gasteiger partial charge < -0.3 is 9.22 Å². The van der Waals surface area contributed by atoms with Gasteiger partial charge in [-0.15, -0.1) is 0 Å². The average Bonchev–Trinajstić information content (AvgIpc) is 2.22. The molecule has 0 bridgehead atoms. The van der Waals surface area contributed by atoms with E-state index < -0.39 is 0 Å².